The van der Waals surface area contributed by atoms with Crippen LogP contribution in [0.1, 0.15) is 13.3 Å². The number of piperidine rings is 1. The minimum atomic E-state index is -0.167. The first-order valence-corrected chi connectivity index (χ1v) is 7.98. The molecule has 0 saturated carbocycles. The van der Waals surface area contributed by atoms with Crippen LogP contribution in [0.5, 0.6) is 0 Å². The second kappa shape index (κ2) is 7.27. The molecule has 1 aliphatic heterocycles. The molecule has 2 nitrogen and oxygen atoms in total. The Balaban J connectivity index is 1.72. The van der Waals surface area contributed by atoms with Gasteiger partial charge < -0.3 is 10.6 Å². The van der Waals surface area contributed by atoms with E-state index in [4.69, 9.17) is 5.73 Å². The molecule has 4 heteroatoms. The van der Waals surface area contributed by atoms with Crippen LogP contribution in [-0.4, -0.2) is 36.8 Å². The molecule has 1 aromatic rings. The first-order valence-electron chi connectivity index (χ1n) is 7.00. The number of rotatable bonds is 5. The van der Waals surface area contributed by atoms with E-state index in [0.717, 1.165) is 36.2 Å². The molecule has 0 radical (unpaired) electrons. The topological polar surface area (TPSA) is 29.3 Å². The first kappa shape index (κ1) is 14.8. The number of likely N-dealkylation sites (tertiary alicyclic amines) is 1. The molecule has 1 heterocycles. The van der Waals surface area contributed by atoms with Crippen molar-refractivity contribution in [1.82, 2.24) is 4.90 Å². The fourth-order valence-electron chi connectivity index (χ4n) is 2.56. The molecule has 0 bridgehead atoms. The quantitative estimate of drug-likeness (QED) is 0.842. The zero-order valence-corrected chi connectivity index (χ0v) is 12.3. The van der Waals surface area contributed by atoms with Crippen LogP contribution < -0.4 is 5.73 Å². The summed E-state index contributed by atoms with van der Waals surface area (Å²) in [6, 6.07) is 6.74. The average Bonchev–Trinajstić information content (AvgIpc) is 2.43. The summed E-state index contributed by atoms with van der Waals surface area (Å²) < 4.78 is 12.8. The Morgan fingerprint density at radius 1 is 1.37 bits per heavy atom. The fourth-order valence-corrected chi connectivity index (χ4v) is 3.47. The Kier molecular flexibility index (Phi) is 5.67. The molecular formula is C15H23FN2S. The SMILES string of the molecule is CC1CCN(CCSc2ccc(F)cc2)CC1CN. The van der Waals surface area contributed by atoms with E-state index in [1.165, 1.54) is 25.1 Å². The van der Waals surface area contributed by atoms with Crippen molar-refractivity contribution in [2.75, 3.05) is 31.9 Å². The highest BCUT2D eigenvalue weighted by Crippen LogP contribution is 2.23. The van der Waals surface area contributed by atoms with Crippen molar-refractivity contribution in [3.05, 3.63) is 30.1 Å². The van der Waals surface area contributed by atoms with Gasteiger partial charge in [-0.25, -0.2) is 4.39 Å². The molecule has 2 N–H and O–H groups in total. The van der Waals surface area contributed by atoms with E-state index in [-0.39, 0.29) is 5.82 Å². The van der Waals surface area contributed by atoms with Gasteiger partial charge in [-0.15, -0.1) is 11.8 Å². The smallest absolute Gasteiger partial charge is 0.123 e. The number of halogens is 1. The second-order valence-electron chi connectivity index (χ2n) is 5.36. The number of nitrogens with zero attached hydrogens (tertiary/aromatic N) is 1. The van der Waals surface area contributed by atoms with Gasteiger partial charge in [-0.3, -0.25) is 0 Å². The molecular weight excluding hydrogens is 259 g/mol. The molecule has 1 aromatic carbocycles. The number of hydrogen-bond acceptors (Lipinski definition) is 3. The normalized spacial score (nSPS) is 24.6. The van der Waals surface area contributed by atoms with Crippen LogP contribution in [0, 0.1) is 17.7 Å². The fraction of sp³-hybridized carbons (Fsp3) is 0.600. The molecule has 0 spiro atoms. The molecule has 0 amide bonds. The molecule has 2 rings (SSSR count). The third kappa shape index (κ3) is 4.48. The lowest BCUT2D eigenvalue weighted by Gasteiger charge is -2.36. The van der Waals surface area contributed by atoms with Gasteiger partial charge in [-0.1, -0.05) is 6.92 Å². The minimum absolute atomic E-state index is 0.167. The van der Waals surface area contributed by atoms with Gasteiger partial charge in [0.2, 0.25) is 0 Å². The molecule has 1 saturated heterocycles. The van der Waals surface area contributed by atoms with Crippen molar-refractivity contribution < 1.29 is 4.39 Å². The van der Waals surface area contributed by atoms with Crippen LogP contribution in [-0.2, 0) is 0 Å². The Morgan fingerprint density at radius 2 is 2.11 bits per heavy atom. The second-order valence-corrected chi connectivity index (χ2v) is 6.53. The minimum Gasteiger partial charge on any atom is -0.330 e. The highest BCUT2D eigenvalue weighted by Gasteiger charge is 2.24. The Bertz CT molecular complexity index is 382. The van der Waals surface area contributed by atoms with Gasteiger partial charge in [0.1, 0.15) is 5.82 Å². The van der Waals surface area contributed by atoms with E-state index in [0.29, 0.717) is 5.92 Å². The maximum absolute atomic E-state index is 12.8. The molecule has 1 aliphatic rings. The lowest BCUT2D eigenvalue weighted by atomic mass is 9.87. The summed E-state index contributed by atoms with van der Waals surface area (Å²) in [7, 11) is 0. The maximum Gasteiger partial charge on any atom is 0.123 e. The van der Waals surface area contributed by atoms with Crippen LogP contribution >= 0.6 is 11.8 Å². The average molecular weight is 282 g/mol. The number of benzene rings is 1. The van der Waals surface area contributed by atoms with Gasteiger partial charge in [0.15, 0.2) is 0 Å². The summed E-state index contributed by atoms with van der Waals surface area (Å²) in [5, 5.41) is 0. The predicted molar refractivity (Wildman–Crippen MR) is 79.9 cm³/mol. The summed E-state index contributed by atoms with van der Waals surface area (Å²) in [5.74, 6) is 2.29. The van der Waals surface area contributed by atoms with Gasteiger partial charge in [0.25, 0.3) is 0 Å². The van der Waals surface area contributed by atoms with Crippen molar-refractivity contribution >= 4 is 11.8 Å². The zero-order valence-electron chi connectivity index (χ0n) is 11.5. The number of hydrogen-bond donors (Lipinski definition) is 1. The van der Waals surface area contributed by atoms with Gasteiger partial charge in [0, 0.05) is 23.7 Å². The van der Waals surface area contributed by atoms with E-state index >= 15 is 0 Å². The summed E-state index contributed by atoms with van der Waals surface area (Å²) >= 11 is 1.79. The van der Waals surface area contributed by atoms with Gasteiger partial charge >= 0.3 is 0 Å². The van der Waals surface area contributed by atoms with Crippen molar-refractivity contribution in [1.29, 1.82) is 0 Å². The third-order valence-electron chi connectivity index (χ3n) is 3.99. The Morgan fingerprint density at radius 3 is 2.79 bits per heavy atom. The summed E-state index contributed by atoms with van der Waals surface area (Å²) in [6.45, 7) is 6.50. The molecule has 2 unspecified atom stereocenters. The summed E-state index contributed by atoms with van der Waals surface area (Å²) in [6.07, 6.45) is 1.25. The highest BCUT2D eigenvalue weighted by molar-refractivity contribution is 7.99. The van der Waals surface area contributed by atoms with Crippen LogP contribution in [0.25, 0.3) is 0 Å². The van der Waals surface area contributed by atoms with Gasteiger partial charge in [0.05, 0.1) is 0 Å². The largest absolute Gasteiger partial charge is 0.330 e. The summed E-state index contributed by atoms with van der Waals surface area (Å²) in [5.41, 5.74) is 5.82. The molecule has 2 atom stereocenters. The van der Waals surface area contributed by atoms with E-state index in [2.05, 4.69) is 11.8 Å². The van der Waals surface area contributed by atoms with Gasteiger partial charge in [-0.2, -0.15) is 0 Å². The highest BCUT2D eigenvalue weighted by atomic mass is 32.2. The first-order chi connectivity index (χ1) is 9.19. The van der Waals surface area contributed by atoms with Crippen molar-refractivity contribution in [2.45, 2.75) is 18.2 Å². The molecule has 106 valence electrons. The van der Waals surface area contributed by atoms with E-state index in [9.17, 15) is 4.39 Å². The van der Waals surface area contributed by atoms with Crippen LogP contribution in [0.3, 0.4) is 0 Å². The Hall–Kier alpha value is -0.580. The van der Waals surface area contributed by atoms with Crippen molar-refractivity contribution in [3.63, 3.8) is 0 Å². The van der Waals surface area contributed by atoms with Crippen LogP contribution in [0.2, 0.25) is 0 Å². The van der Waals surface area contributed by atoms with E-state index in [1.807, 2.05) is 12.1 Å². The maximum atomic E-state index is 12.8. The number of nitrogens with two attached hydrogens (primary N) is 1. The monoisotopic (exact) mass is 282 g/mol. The standard InChI is InChI=1S/C15H23FN2S/c1-12-6-7-18(11-13(12)10-17)8-9-19-15-4-2-14(16)3-5-15/h2-5,12-13H,6-11,17H2,1H3. The van der Waals surface area contributed by atoms with E-state index < -0.39 is 0 Å². The molecule has 1 fully saturated rings. The van der Waals surface area contributed by atoms with Crippen molar-refractivity contribution in [2.24, 2.45) is 17.6 Å². The van der Waals surface area contributed by atoms with Crippen LogP contribution in [0.4, 0.5) is 4.39 Å². The lowest BCUT2D eigenvalue weighted by molar-refractivity contribution is 0.139. The Labute approximate surface area is 119 Å². The molecule has 19 heavy (non-hydrogen) atoms. The van der Waals surface area contributed by atoms with Crippen molar-refractivity contribution in [3.8, 4) is 0 Å². The third-order valence-corrected chi connectivity index (χ3v) is 4.98. The van der Waals surface area contributed by atoms with Crippen LogP contribution in [0.15, 0.2) is 29.2 Å². The molecule has 0 aliphatic carbocycles. The number of thioether (sulfide) groups is 1. The molecule has 0 aromatic heterocycles. The zero-order chi connectivity index (χ0) is 13.7. The summed E-state index contributed by atoms with van der Waals surface area (Å²) in [4.78, 5) is 3.65. The predicted octanol–water partition coefficient (Wildman–Crippen LogP) is 2.83. The lowest BCUT2D eigenvalue weighted by Crippen LogP contribution is -2.43. The van der Waals surface area contributed by atoms with Gasteiger partial charge in [-0.05, 0) is 55.6 Å². The van der Waals surface area contributed by atoms with E-state index in [1.54, 1.807) is 11.8 Å².